The van der Waals surface area contributed by atoms with Gasteiger partial charge in [0.15, 0.2) is 0 Å². The minimum Gasteiger partial charge on any atom is -0.508 e. The average molecular weight is 278 g/mol. The fourth-order valence-electron chi connectivity index (χ4n) is 1.93. The SMILES string of the molecule is Cc1ccc(NCc2c(O)cccc2Cl)c(C)c1O. The van der Waals surface area contributed by atoms with Gasteiger partial charge in [-0.3, -0.25) is 0 Å². The molecule has 0 aliphatic carbocycles. The van der Waals surface area contributed by atoms with E-state index in [0.29, 0.717) is 17.1 Å². The number of nitrogens with one attached hydrogen (secondary N) is 1. The van der Waals surface area contributed by atoms with E-state index in [2.05, 4.69) is 5.32 Å². The number of aryl methyl sites for hydroxylation is 1. The number of benzene rings is 2. The van der Waals surface area contributed by atoms with Crippen molar-refractivity contribution in [2.24, 2.45) is 0 Å². The quantitative estimate of drug-likeness (QED) is 0.795. The van der Waals surface area contributed by atoms with E-state index in [-0.39, 0.29) is 11.5 Å². The van der Waals surface area contributed by atoms with Gasteiger partial charge in [-0.25, -0.2) is 0 Å². The molecule has 0 radical (unpaired) electrons. The van der Waals surface area contributed by atoms with Crippen LogP contribution in [0.3, 0.4) is 0 Å². The molecule has 0 bridgehead atoms. The van der Waals surface area contributed by atoms with Crippen LogP contribution in [0.5, 0.6) is 11.5 Å². The van der Waals surface area contributed by atoms with Crippen LogP contribution in [0.15, 0.2) is 30.3 Å². The fraction of sp³-hybridized carbons (Fsp3) is 0.200. The summed E-state index contributed by atoms with van der Waals surface area (Å²) in [5.41, 5.74) is 3.08. The summed E-state index contributed by atoms with van der Waals surface area (Å²) in [6.07, 6.45) is 0. The summed E-state index contributed by atoms with van der Waals surface area (Å²) in [6, 6.07) is 8.78. The van der Waals surface area contributed by atoms with Crippen molar-refractivity contribution >= 4 is 17.3 Å². The number of halogens is 1. The van der Waals surface area contributed by atoms with Crippen molar-refractivity contribution in [1.29, 1.82) is 0 Å². The molecule has 4 heteroatoms. The van der Waals surface area contributed by atoms with Gasteiger partial charge < -0.3 is 15.5 Å². The predicted octanol–water partition coefficient (Wildman–Crippen LogP) is 3.98. The number of aromatic hydroxyl groups is 2. The molecular formula is C15H16ClNO2. The Hall–Kier alpha value is -1.87. The molecule has 0 aliphatic rings. The third-order valence-electron chi connectivity index (χ3n) is 3.18. The Morgan fingerprint density at radius 1 is 1.11 bits per heavy atom. The first-order valence-corrected chi connectivity index (χ1v) is 6.38. The molecule has 100 valence electrons. The van der Waals surface area contributed by atoms with Crippen LogP contribution >= 0.6 is 11.6 Å². The highest BCUT2D eigenvalue weighted by Crippen LogP contribution is 2.30. The zero-order valence-corrected chi connectivity index (χ0v) is 11.6. The summed E-state index contributed by atoms with van der Waals surface area (Å²) < 4.78 is 0. The van der Waals surface area contributed by atoms with Crippen LogP contribution in [-0.4, -0.2) is 10.2 Å². The van der Waals surface area contributed by atoms with Gasteiger partial charge in [-0.2, -0.15) is 0 Å². The molecule has 3 N–H and O–H groups in total. The molecule has 0 aromatic heterocycles. The first kappa shape index (κ1) is 13.6. The minimum atomic E-state index is 0.161. The van der Waals surface area contributed by atoms with Crippen LogP contribution in [0, 0.1) is 13.8 Å². The number of hydrogen-bond acceptors (Lipinski definition) is 3. The van der Waals surface area contributed by atoms with Gasteiger partial charge in [-0.15, -0.1) is 0 Å². The lowest BCUT2D eigenvalue weighted by Gasteiger charge is -2.13. The fourth-order valence-corrected chi connectivity index (χ4v) is 2.17. The van der Waals surface area contributed by atoms with E-state index >= 15 is 0 Å². The van der Waals surface area contributed by atoms with Crippen LogP contribution in [0.1, 0.15) is 16.7 Å². The molecule has 0 fully saturated rings. The summed E-state index contributed by atoms with van der Waals surface area (Å²) in [4.78, 5) is 0. The third-order valence-corrected chi connectivity index (χ3v) is 3.54. The van der Waals surface area contributed by atoms with Gasteiger partial charge in [-0.05, 0) is 37.6 Å². The standard InChI is InChI=1S/C15H16ClNO2/c1-9-6-7-13(10(2)15(9)19)17-8-11-12(16)4-3-5-14(11)18/h3-7,17-19H,8H2,1-2H3. The minimum absolute atomic E-state index is 0.161. The molecule has 0 aliphatic heterocycles. The zero-order valence-electron chi connectivity index (χ0n) is 10.9. The molecule has 19 heavy (non-hydrogen) atoms. The second-order valence-corrected chi connectivity index (χ2v) is 4.90. The molecule has 2 aromatic carbocycles. The Morgan fingerprint density at radius 2 is 1.84 bits per heavy atom. The van der Waals surface area contributed by atoms with E-state index in [1.807, 2.05) is 26.0 Å². The lowest BCUT2D eigenvalue weighted by Crippen LogP contribution is -2.02. The van der Waals surface area contributed by atoms with Crippen molar-refractivity contribution in [2.45, 2.75) is 20.4 Å². The summed E-state index contributed by atoms with van der Waals surface area (Å²) in [6.45, 7) is 4.10. The normalized spacial score (nSPS) is 10.5. The van der Waals surface area contributed by atoms with Crippen LogP contribution in [0.2, 0.25) is 5.02 Å². The van der Waals surface area contributed by atoms with Crippen LogP contribution < -0.4 is 5.32 Å². The molecule has 0 heterocycles. The van der Waals surface area contributed by atoms with Gasteiger partial charge in [0.25, 0.3) is 0 Å². The maximum absolute atomic E-state index is 9.88. The Labute approximate surface area is 117 Å². The van der Waals surface area contributed by atoms with Crippen LogP contribution in [0.25, 0.3) is 0 Å². The largest absolute Gasteiger partial charge is 0.508 e. The molecule has 2 rings (SSSR count). The summed E-state index contributed by atoms with van der Waals surface area (Å²) in [5, 5.41) is 23.3. The monoisotopic (exact) mass is 277 g/mol. The second kappa shape index (κ2) is 5.41. The first-order valence-electron chi connectivity index (χ1n) is 6.00. The van der Waals surface area contributed by atoms with E-state index in [9.17, 15) is 10.2 Å². The lowest BCUT2D eigenvalue weighted by atomic mass is 10.1. The van der Waals surface area contributed by atoms with Crippen molar-refractivity contribution in [3.05, 3.63) is 52.0 Å². The molecule has 0 amide bonds. The highest BCUT2D eigenvalue weighted by atomic mass is 35.5. The Balaban J connectivity index is 2.22. The maximum Gasteiger partial charge on any atom is 0.123 e. The second-order valence-electron chi connectivity index (χ2n) is 4.49. The molecule has 0 spiro atoms. The van der Waals surface area contributed by atoms with E-state index in [1.165, 1.54) is 0 Å². The Bertz CT molecular complexity index is 591. The van der Waals surface area contributed by atoms with Crippen molar-refractivity contribution < 1.29 is 10.2 Å². The van der Waals surface area contributed by atoms with Gasteiger partial charge >= 0.3 is 0 Å². The predicted molar refractivity (Wildman–Crippen MR) is 78.0 cm³/mol. The molecule has 0 saturated heterocycles. The molecule has 0 atom stereocenters. The van der Waals surface area contributed by atoms with Crippen LogP contribution in [0.4, 0.5) is 5.69 Å². The van der Waals surface area contributed by atoms with Crippen molar-refractivity contribution in [2.75, 3.05) is 5.32 Å². The summed E-state index contributed by atoms with van der Waals surface area (Å²) >= 11 is 6.04. The maximum atomic E-state index is 9.88. The Morgan fingerprint density at radius 3 is 2.53 bits per heavy atom. The van der Waals surface area contributed by atoms with Gasteiger partial charge in [0.05, 0.1) is 0 Å². The van der Waals surface area contributed by atoms with Crippen molar-refractivity contribution in [3.63, 3.8) is 0 Å². The molecule has 0 saturated carbocycles. The van der Waals surface area contributed by atoms with Gasteiger partial charge in [0, 0.05) is 28.4 Å². The number of phenols is 2. The smallest absolute Gasteiger partial charge is 0.123 e. The molecular weight excluding hydrogens is 262 g/mol. The number of rotatable bonds is 3. The topological polar surface area (TPSA) is 52.5 Å². The number of anilines is 1. The average Bonchev–Trinajstić information content (AvgIpc) is 2.38. The molecule has 3 nitrogen and oxygen atoms in total. The van der Waals surface area contributed by atoms with E-state index in [1.54, 1.807) is 18.2 Å². The number of phenolic OH excluding ortho intramolecular Hbond substituents is 2. The van der Waals surface area contributed by atoms with Gasteiger partial charge in [0.2, 0.25) is 0 Å². The highest BCUT2D eigenvalue weighted by molar-refractivity contribution is 6.31. The first-order chi connectivity index (χ1) is 9.00. The lowest BCUT2D eigenvalue weighted by molar-refractivity contribution is 0.467. The zero-order chi connectivity index (χ0) is 14.0. The van der Waals surface area contributed by atoms with Gasteiger partial charge in [-0.1, -0.05) is 23.7 Å². The summed E-state index contributed by atoms with van der Waals surface area (Å²) in [5.74, 6) is 0.447. The van der Waals surface area contributed by atoms with Gasteiger partial charge in [0.1, 0.15) is 11.5 Å². The van der Waals surface area contributed by atoms with E-state index in [4.69, 9.17) is 11.6 Å². The summed E-state index contributed by atoms with van der Waals surface area (Å²) in [7, 11) is 0. The third kappa shape index (κ3) is 2.76. The van der Waals surface area contributed by atoms with Crippen molar-refractivity contribution in [1.82, 2.24) is 0 Å². The molecule has 0 unspecified atom stereocenters. The van der Waals surface area contributed by atoms with Crippen LogP contribution in [-0.2, 0) is 6.54 Å². The molecule has 2 aromatic rings. The van der Waals surface area contributed by atoms with E-state index < -0.39 is 0 Å². The van der Waals surface area contributed by atoms with Crippen molar-refractivity contribution in [3.8, 4) is 11.5 Å². The highest BCUT2D eigenvalue weighted by Gasteiger charge is 2.09. The number of hydrogen-bond donors (Lipinski definition) is 3. The van der Waals surface area contributed by atoms with E-state index in [0.717, 1.165) is 16.8 Å². The Kier molecular flexibility index (Phi) is 3.86.